The van der Waals surface area contributed by atoms with E-state index in [1.807, 2.05) is 30.3 Å². The van der Waals surface area contributed by atoms with Crippen LogP contribution in [-0.4, -0.2) is 12.5 Å². The lowest BCUT2D eigenvalue weighted by Gasteiger charge is -2.25. The van der Waals surface area contributed by atoms with Crippen LogP contribution in [-0.2, 0) is 5.41 Å². The number of benzene rings is 2. The van der Waals surface area contributed by atoms with E-state index in [1.54, 1.807) is 0 Å². The highest BCUT2D eigenvalue weighted by molar-refractivity contribution is 5.99. The summed E-state index contributed by atoms with van der Waals surface area (Å²) in [5.41, 5.74) is 7.04. The molecule has 0 aliphatic carbocycles. The van der Waals surface area contributed by atoms with E-state index >= 15 is 0 Å². The van der Waals surface area contributed by atoms with Gasteiger partial charge in [-0.1, -0.05) is 44.2 Å². The number of carbonyl (C=O) groups is 1. The summed E-state index contributed by atoms with van der Waals surface area (Å²) >= 11 is 0. The number of halogens is 1. The molecule has 1 amide bonds. The monoisotopic (exact) mass is 286 g/mol. The molecule has 3 nitrogen and oxygen atoms in total. The fourth-order valence-electron chi connectivity index (χ4n) is 2.13. The Labute approximate surface area is 124 Å². The molecule has 0 aromatic heterocycles. The molecule has 110 valence electrons. The summed E-state index contributed by atoms with van der Waals surface area (Å²) in [6, 6.07) is 13.7. The molecular weight excluding hydrogens is 267 g/mol. The van der Waals surface area contributed by atoms with Gasteiger partial charge in [0.1, 0.15) is 5.82 Å². The van der Waals surface area contributed by atoms with Crippen LogP contribution in [0.15, 0.2) is 48.5 Å². The summed E-state index contributed by atoms with van der Waals surface area (Å²) in [5, 5.41) is 2.86. The van der Waals surface area contributed by atoms with Gasteiger partial charge in [-0.15, -0.1) is 0 Å². The van der Waals surface area contributed by atoms with Gasteiger partial charge in [0.25, 0.3) is 5.91 Å². The zero-order chi connectivity index (χ0) is 15.5. The van der Waals surface area contributed by atoms with Crippen molar-refractivity contribution < 1.29 is 9.18 Å². The average molecular weight is 286 g/mol. The molecule has 0 unspecified atom stereocenters. The molecule has 4 heteroatoms. The molecule has 0 heterocycles. The second-order valence-electron chi connectivity index (χ2n) is 5.66. The third-order valence-corrected chi connectivity index (χ3v) is 3.50. The number of carbonyl (C=O) groups excluding carboxylic acids is 1. The minimum Gasteiger partial charge on any atom is -0.398 e. The molecule has 0 bridgehead atoms. The van der Waals surface area contributed by atoms with Gasteiger partial charge in [0.05, 0.1) is 5.56 Å². The summed E-state index contributed by atoms with van der Waals surface area (Å²) in [4.78, 5) is 12.1. The van der Waals surface area contributed by atoms with Crippen LogP contribution in [0, 0.1) is 5.82 Å². The van der Waals surface area contributed by atoms with Gasteiger partial charge >= 0.3 is 0 Å². The van der Waals surface area contributed by atoms with E-state index < -0.39 is 5.82 Å². The standard InChI is InChI=1S/C17H19FN2O/c1-17(2,12-6-4-3-5-7-12)11-20-16(21)14-9-8-13(18)10-15(14)19/h3-10H,11,19H2,1-2H3,(H,20,21). The normalized spacial score (nSPS) is 11.2. The number of nitrogen functional groups attached to an aromatic ring is 1. The van der Waals surface area contributed by atoms with Crippen LogP contribution in [0.3, 0.4) is 0 Å². The molecule has 0 saturated carbocycles. The summed E-state index contributed by atoms with van der Waals surface area (Å²) in [5.74, 6) is -0.745. The molecular formula is C17H19FN2O. The maximum atomic E-state index is 13.0. The van der Waals surface area contributed by atoms with Gasteiger partial charge in [-0.05, 0) is 23.8 Å². The highest BCUT2D eigenvalue weighted by Gasteiger charge is 2.22. The van der Waals surface area contributed by atoms with E-state index in [0.717, 1.165) is 11.6 Å². The van der Waals surface area contributed by atoms with Crippen LogP contribution in [0.25, 0.3) is 0 Å². The molecule has 0 fully saturated rings. The first-order valence-electron chi connectivity index (χ1n) is 6.79. The Morgan fingerprint density at radius 3 is 2.48 bits per heavy atom. The average Bonchev–Trinajstić information content (AvgIpc) is 2.46. The maximum absolute atomic E-state index is 13.0. The van der Waals surface area contributed by atoms with Crippen molar-refractivity contribution in [2.75, 3.05) is 12.3 Å². The van der Waals surface area contributed by atoms with Gasteiger partial charge in [0.15, 0.2) is 0 Å². The lowest BCUT2D eigenvalue weighted by molar-refractivity contribution is 0.0946. The minimum absolute atomic E-state index is 0.144. The van der Waals surface area contributed by atoms with Crippen LogP contribution in [0.4, 0.5) is 10.1 Å². The van der Waals surface area contributed by atoms with Gasteiger partial charge in [-0.25, -0.2) is 4.39 Å². The highest BCUT2D eigenvalue weighted by Crippen LogP contribution is 2.22. The summed E-state index contributed by atoms with van der Waals surface area (Å²) < 4.78 is 13.0. The van der Waals surface area contributed by atoms with Crippen molar-refractivity contribution in [2.45, 2.75) is 19.3 Å². The van der Waals surface area contributed by atoms with Crippen LogP contribution >= 0.6 is 0 Å². The third kappa shape index (κ3) is 3.60. The number of anilines is 1. The molecule has 0 saturated heterocycles. The Morgan fingerprint density at radius 1 is 1.19 bits per heavy atom. The number of hydrogen-bond acceptors (Lipinski definition) is 2. The van der Waals surface area contributed by atoms with Crippen LogP contribution < -0.4 is 11.1 Å². The molecule has 21 heavy (non-hydrogen) atoms. The number of nitrogens with two attached hydrogens (primary N) is 1. The smallest absolute Gasteiger partial charge is 0.253 e. The number of nitrogens with one attached hydrogen (secondary N) is 1. The Hall–Kier alpha value is -2.36. The first-order valence-corrected chi connectivity index (χ1v) is 6.79. The molecule has 0 spiro atoms. The summed E-state index contributed by atoms with van der Waals surface area (Å²) in [7, 11) is 0. The SMILES string of the molecule is CC(C)(CNC(=O)c1ccc(F)cc1N)c1ccccc1. The lowest BCUT2D eigenvalue weighted by Crippen LogP contribution is -2.36. The van der Waals surface area contributed by atoms with Crippen molar-refractivity contribution in [1.82, 2.24) is 5.32 Å². The summed E-state index contributed by atoms with van der Waals surface area (Å²) in [6.07, 6.45) is 0. The molecule has 3 N–H and O–H groups in total. The number of amides is 1. The zero-order valence-corrected chi connectivity index (χ0v) is 12.2. The van der Waals surface area contributed by atoms with E-state index in [2.05, 4.69) is 19.2 Å². The van der Waals surface area contributed by atoms with Gasteiger partial charge in [0, 0.05) is 17.6 Å². The van der Waals surface area contributed by atoms with Crippen molar-refractivity contribution in [2.24, 2.45) is 0 Å². The van der Waals surface area contributed by atoms with Crippen molar-refractivity contribution in [3.05, 3.63) is 65.5 Å². The van der Waals surface area contributed by atoms with Crippen molar-refractivity contribution in [3.63, 3.8) is 0 Å². The second-order valence-corrected chi connectivity index (χ2v) is 5.66. The molecule has 0 radical (unpaired) electrons. The maximum Gasteiger partial charge on any atom is 0.253 e. The largest absolute Gasteiger partial charge is 0.398 e. The Morgan fingerprint density at radius 2 is 1.86 bits per heavy atom. The number of rotatable bonds is 4. The fraction of sp³-hybridized carbons (Fsp3) is 0.235. The van der Waals surface area contributed by atoms with Crippen molar-refractivity contribution in [3.8, 4) is 0 Å². The Kier molecular flexibility index (Phi) is 4.26. The lowest BCUT2D eigenvalue weighted by atomic mass is 9.84. The van der Waals surface area contributed by atoms with E-state index in [1.165, 1.54) is 12.1 Å². The number of hydrogen-bond donors (Lipinski definition) is 2. The summed E-state index contributed by atoms with van der Waals surface area (Å²) in [6.45, 7) is 4.57. The van der Waals surface area contributed by atoms with Crippen LogP contribution in [0.1, 0.15) is 29.8 Å². The van der Waals surface area contributed by atoms with Crippen molar-refractivity contribution >= 4 is 11.6 Å². The second kappa shape index (κ2) is 5.95. The molecule has 2 rings (SSSR count). The van der Waals surface area contributed by atoms with Crippen LogP contribution in [0.2, 0.25) is 0 Å². The molecule has 0 atom stereocenters. The fourth-order valence-corrected chi connectivity index (χ4v) is 2.13. The first-order chi connectivity index (χ1) is 9.90. The quantitative estimate of drug-likeness (QED) is 0.848. The first kappa shape index (κ1) is 15.0. The van der Waals surface area contributed by atoms with Gasteiger partial charge in [0.2, 0.25) is 0 Å². The minimum atomic E-state index is -0.450. The predicted molar refractivity (Wildman–Crippen MR) is 82.6 cm³/mol. The Bertz CT molecular complexity index is 638. The third-order valence-electron chi connectivity index (χ3n) is 3.50. The van der Waals surface area contributed by atoms with Gasteiger partial charge < -0.3 is 11.1 Å². The van der Waals surface area contributed by atoms with E-state index in [0.29, 0.717) is 12.1 Å². The van der Waals surface area contributed by atoms with E-state index in [9.17, 15) is 9.18 Å². The Balaban J connectivity index is 2.07. The zero-order valence-electron chi connectivity index (χ0n) is 12.2. The van der Waals surface area contributed by atoms with Gasteiger partial charge in [-0.2, -0.15) is 0 Å². The van der Waals surface area contributed by atoms with Crippen LogP contribution in [0.5, 0.6) is 0 Å². The predicted octanol–water partition coefficient (Wildman–Crippen LogP) is 3.12. The molecule has 0 aliphatic rings. The van der Waals surface area contributed by atoms with Crippen molar-refractivity contribution in [1.29, 1.82) is 0 Å². The highest BCUT2D eigenvalue weighted by atomic mass is 19.1. The topological polar surface area (TPSA) is 55.1 Å². The van der Waals surface area contributed by atoms with Gasteiger partial charge in [-0.3, -0.25) is 4.79 Å². The molecule has 2 aromatic rings. The molecule has 0 aliphatic heterocycles. The van der Waals surface area contributed by atoms with E-state index in [4.69, 9.17) is 5.73 Å². The molecule has 2 aromatic carbocycles. The van der Waals surface area contributed by atoms with E-state index in [-0.39, 0.29) is 17.0 Å².